The molecule has 100 valence electrons. The summed E-state index contributed by atoms with van der Waals surface area (Å²) < 4.78 is 14.1. The first-order valence-corrected chi connectivity index (χ1v) is 7.39. The van der Waals surface area contributed by atoms with Gasteiger partial charge in [-0.15, -0.1) is 0 Å². The number of halogens is 2. The Labute approximate surface area is 117 Å². The molecule has 1 fully saturated rings. The normalized spacial score (nSPS) is 30.2. The number of benzene rings is 1. The van der Waals surface area contributed by atoms with Crippen LogP contribution in [0.3, 0.4) is 0 Å². The van der Waals surface area contributed by atoms with Crippen molar-refractivity contribution in [3.05, 3.63) is 34.1 Å². The summed E-state index contributed by atoms with van der Waals surface area (Å²) in [6.07, 6.45) is 2.73. The van der Waals surface area contributed by atoms with Gasteiger partial charge in [0.2, 0.25) is 0 Å². The fraction of sp³-hybridized carbons (Fsp3) is 0.600. The van der Waals surface area contributed by atoms with E-state index in [2.05, 4.69) is 29.8 Å². The minimum atomic E-state index is -0.554. The molecule has 1 N–H and O–H groups in total. The van der Waals surface area contributed by atoms with Crippen molar-refractivity contribution < 1.29 is 9.50 Å². The molecule has 0 aromatic heterocycles. The molecule has 1 saturated carbocycles. The second-order valence-electron chi connectivity index (χ2n) is 5.83. The predicted octanol–water partition coefficient (Wildman–Crippen LogP) is 4.69. The maximum absolute atomic E-state index is 13.4. The molecule has 1 nitrogen and oxygen atoms in total. The van der Waals surface area contributed by atoms with Crippen molar-refractivity contribution in [2.75, 3.05) is 0 Å². The zero-order valence-corrected chi connectivity index (χ0v) is 12.5. The number of aliphatic hydroxyl groups excluding tert-OH is 1. The van der Waals surface area contributed by atoms with Crippen LogP contribution < -0.4 is 0 Å². The Morgan fingerprint density at radius 2 is 1.78 bits per heavy atom. The van der Waals surface area contributed by atoms with Crippen molar-refractivity contribution >= 4 is 15.9 Å². The molecule has 3 atom stereocenters. The molecule has 1 aromatic carbocycles. The lowest BCUT2D eigenvalue weighted by molar-refractivity contribution is 0.0549. The second-order valence-corrected chi connectivity index (χ2v) is 6.74. The lowest BCUT2D eigenvalue weighted by Crippen LogP contribution is -2.24. The number of hydrogen-bond acceptors (Lipinski definition) is 1. The summed E-state index contributed by atoms with van der Waals surface area (Å²) >= 11 is 3.28. The molecular weight excluding hydrogens is 295 g/mol. The van der Waals surface area contributed by atoms with Gasteiger partial charge < -0.3 is 5.11 Å². The highest BCUT2D eigenvalue weighted by atomic mass is 79.9. The topological polar surface area (TPSA) is 20.2 Å². The minimum Gasteiger partial charge on any atom is -0.388 e. The summed E-state index contributed by atoms with van der Waals surface area (Å²) in [4.78, 5) is 0. The third kappa shape index (κ3) is 3.33. The van der Waals surface area contributed by atoms with Gasteiger partial charge >= 0.3 is 0 Å². The molecule has 0 aliphatic heterocycles. The predicted molar refractivity (Wildman–Crippen MR) is 74.7 cm³/mol. The van der Waals surface area contributed by atoms with E-state index >= 15 is 0 Å². The molecule has 2 rings (SSSR count). The minimum absolute atomic E-state index is 0.248. The lowest BCUT2D eigenvalue weighted by atomic mass is 9.73. The molecule has 18 heavy (non-hydrogen) atoms. The summed E-state index contributed by atoms with van der Waals surface area (Å²) in [6.45, 7) is 4.47. The molecule has 3 heteroatoms. The van der Waals surface area contributed by atoms with Crippen LogP contribution in [-0.2, 0) is 0 Å². The van der Waals surface area contributed by atoms with Crippen molar-refractivity contribution in [2.45, 2.75) is 39.2 Å². The van der Waals surface area contributed by atoms with Gasteiger partial charge in [-0.2, -0.15) is 0 Å². The first-order chi connectivity index (χ1) is 8.45. The van der Waals surface area contributed by atoms with Crippen LogP contribution >= 0.6 is 15.9 Å². The average molecular weight is 315 g/mol. The van der Waals surface area contributed by atoms with Gasteiger partial charge in [0.25, 0.3) is 0 Å². The highest BCUT2D eigenvalue weighted by Gasteiger charge is 2.30. The molecule has 0 saturated heterocycles. The van der Waals surface area contributed by atoms with E-state index in [4.69, 9.17) is 0 Å². The molecule has 0 bridgehead atoms. The molecular formula is C15H20BrFO. The Balaban J connectivity index is 2.17. The van der Waals surface area contributed by atoms with Crippen molar-refractivity contribution in [2.24, 2.45) is 17.8 Å². The summed E-state index contributed by atoms with van der Waals surface area (Å²) in [5.41, 5.74) is 0.688. The van der Waals surface area contributed by atoms with Gasteiger partial charge in [-0.05, 0) is 60.8 Å². The lowest BCUT2D eigenvalue weighted by Gasteiger charge is -2.34. The fourth-order valence-electron chi connectivity index (χ4n) is 3.29. The third-order valence-electron chi connectivity index (χ3n) is 3.89. The van der Waals surface area contributed by atoms with Crippen LogP contribution in [0.15, 0.2) is 22.7 Å². The summed E-state index contributed by atoms with van der Waals surface area (Å²) in [7, 11) is 0. The van der Waals surface area contributed by atoms with E-state index in [1.807, 2.05) is 6.07 Å². The maximum Gasteiger partial charge on any atom is 0.124 e. The molecule has 1 aliphatic carbocycles. The van der Waals surface area contributed by atoms with Crippen LogP contribution in [0, 0.1) is 23.6 Å². The van der Waals surface area contributed by atoms with Gasteiger partial charge in [-0.1, -0.05) is 29.8 Å². The van der Waals surface area contributed by atoms with E-state index in [-0.39, 0.29) is 11.7 Å². The monoisotopic (exact) mass is 314 g/mol. The first-order valence-electron chi connectivity index (χ1n) is 6.59. The number of hydrogen-bond donors (Lipinski definition) is 1. The largest absolute Gasteiger partial charge is 0.388 e. The number of rotatable bonds is 2. The van der Waals surface area contributed by atoms with Gasteiger partial charge in [0.15, 0.2) is 0 Å². The van der Waals surface area contributed by atoms with E-state index < -0.39 is 6.10 Å². The van der Waals surface area contributed by atoms with Gasteiger partial charge in [0.05, 0.1) is 6.10 Å². The van der Waals surface area contributed by atoms with Crippen LogP contribution in [0.1, 0.15) is 44.8 Å². The van der Waals surface area contributed by atoms with Gasteiger partial charge in [0.1, 0.15) is 5.82 Å². The quantitative estimate of drug-likeness (QED) is 0.839. The van der Waals surface area contributed by atoms with E-state index in [9.17, 15) is 9.50 Å². The zero-order chi connectivity index (χ0) is 13.3. The average Bonchev–Trinajstić information content (AvgIpc) is 2.25. The third-order valence-corrected chi connectivity index (χ3v) is 4.35. The van der Waals surface area contributed by atoms with Crippen LogP contribution in [-0.4, -0.2) is 5.11 Å². The van der Waals surface area contributed by atoms with Crippen molar-refractivity contribution in [1.29, 1.82) is 0 Å². The van der Waals surface area contributed by atoms with E-state index in [1.54, 1.807) is 0 Å². The summed E-state index contributed by atoms with van der Waals surface area (Å²) in [5, 5.41) is 10.4. The van der Waals surface area contributed by atoms with Crippen molar-refractivity contribution in [1.82, 2.24) is 0 Å². The zero-order valence-electron chi connectivity index (χ0n) is 10.9. The van der Waals surface area contributed by atoms with Crippen LogP contribution in [0.2, 0.25) is 0 Å². The Bertz CT molecular complexity index is 391. The fourth-order valence-corrected chi connectivity index (χ4v) is 3.77. The molecule has 0 radical (unpaired) electrons. The highest BCUT2D eigenvalue weighted by Crippen LogP contribution is 2.40. The van der Waals surface area contributed by atoms with E-state index in [1.165, 1.54) is 18.6 Å². The van der Waals surface area contributed by atoms with Crippen LogP contribution in [0.5, 0.6) is 0 Å². The number of aliphatic hydroxyl groups is 1. The first kappa shape index (κ1) is 14.0. The Morgan fingerprint density at radius 1 is 1.17 bits per heavy atom. The summed E-state index contributed by atoms with van der Waals surface area (Å²) in [5.74, 6) is 1.24. The molecule has 3 unspecified atom stereocenters. The molecule has 1 aromatic rings. The van der Waals surface area contributed by atoms with Crippen molar-refractivity contribution in [3.63, 3.8) is 0 Å². The van der Waals surface area contributed by atoms with Gasteiger partial charge in [-0.25, -0.2) is 4.39 Å². The van der Waals surface area contributed by atoms with E-state index in [0.717, 1.165) is 12.8 Å². The standard InChI is InChI=1S/C15H20BrFO/c1-9-3-10(2)5-11(4-9)15(18)12-6-13(16)8-14(17)7-12/h6-11,15,18H,3-5H2,1-2H3. The Hall–Kier alpha value is -0.410. The Kier molecular flexibility index (Phi) is 4.44. The van der Waals surface area contributed by atoms with Crippen LogP contribution in [0.25, 0.3) is 0 Å². The van der Waals surface area contributed by atoms with Crippen molar-refractivity contribution in [3.8, 4) is 0 Å². The Morgan fingerprint density at radius 3 is 2.33 bits per heavy atom. The van der Waals surface area contributed by atoms with Gasteiger partial charge in [-0.3, -0.25) is 0 Å². The molecule has 1 aliphatic rings. The SMILES string of the molecule is CC1CC(C)CC(C(O)c2cc(F)cc(Br)c2)C1. The summed E-state index contributed by atoms with van der Waals surface area (Å²) in [6, 6.07) is 4.68. The molecule has 0 amide bonds. The second kappa shape index (κ2) is 5.70. The smallest absolute Gasteiger partial charge is 0.124 e. The highest BCUT2D eigenvalue weighted by molar-refractivity contribution is 9.10. The molecule has 0 heterocycles. The van der Waals surface area contributed by atoms with Crippen LogP contribution in [0.4, 0.5) is 4.39 Å². The maximum atomic E-state index is 13.4. The molecule has 0 spiro atoms. The van der Waals surface area contributed by atoms with Gasteiger partial charge in [0, 0.05) is 4.47 Å². The van der Waals surface area contributed by atoms with E-state index in [0.29, 0.717) is 21.9 Å².